The lowest BCUT2D eigenvalue weighted by Crippen LogP contribution is -2.25. The third-order valence-electron chi connectivity index (χ3n) is 5.55. The van der Waals surface area contributed by atoms with Crippen molar-refractivity contribution < 1.29 is 17.4 Å². The number of nitrogens with zero attached hydrogens (tertiary/aromatic N) is 5. The molecule has 0 saturated heterocycles. The molecule has 0 aliphatic rings. The van der Waals surface area contributed by atoms with E-state index in [0.29, 0.717) is 22.0 Å². The van der Waals surface area contributed by atoms with Gasteiger partial charge in [-0.1, -0.05) is 35.9 Å². The van der Waals surface area contributed by atoms with Crippen LogP contribution in [0.3, 0.4) is 0 Å². The van der Waals surface area contributed by atoms with Gasteiger partial charge in [-0.15, -0.1) is 0 Å². The molecule has 5 rings (SSSR count). The zero-order valence-corrected chi connectivity index (χ0v) is 21.3. The lowest BCUT2D eigenvalue weighted by atomic mass is 10.1. The van der Waals surface area contributed by atoms with Crippen molar-refractivity contribution in [2.45, 2.75) is 6.10 Å². The Morgan fingerprint density at radius 2 is 1.73 bits per heavy atom. The average molecular weight is 537 g/mol. The van der Waals surface area contributed by atoms with Crippen LogP contribution in [0.1, 0.15) is 11.7 Å². The fraction of sp³-hybridized carbons (Fsp3) is 0.120. The van der Waals surface area contributed by atoms with Gasteiger partial charge < -0.3 is 5.32 Å². The minimum absolute atomic E-state index is 0.352. The van der Waals surface area contributed by atoms with Gasteiger partial charge in [-0.25, -0.2) is 9.50 Å². The summed E-state index contributed by atoms with van der Waals surface area (Å²) in [7, 11) is -2.06. The molecule has 1 N–H and O–H groups in total. The number of aromatic nitrogens is 5. The Kier molecular flexibility index (Phi) is 6.50. The number of hydrogen-bond donors (Lipinski definition) is 1. The second kappa shape index (κ2) is 9.77. The standard InChI is InChI=1S/C25H21ClN6O4S/c1-31-13-19(12-28-31)18-11-22-23(27-15-29-32(22)14-18)16-5-9-21(10-6-16)30-25(33)24(36-37(2,34)35)17-3-7-20(26)8-4-17/h3-15,24H,1-2H3,(H,30,33). The van der Waals surface area contributed by atoms with Crippen molar-refractivity contribution >= 4 is 38.8 Å². The van der Waals surface area contributed by atoms with Crippen LogP contribution in [0.15, 0.2) is 79.5 Å². The van der Waals surface area contributed by atoms with E-state index in [4.69, 9.17) is 15.8 Å². The first-order chi connectivity index (χ1) is 17.7. The number of halogens is 1. The molecule has 0 fully saturated rings. The predicted octanol–water partition coefficient (Wildman–Crippen LogP) is 4.11. The van der Waals surface area contributed by atoms with E-state index in [-0.39, 0.29) is 0 Å². The summed E-state index contributed by atoms with van der Waals surface area (Å²) in [4.78, 5) is 17.4. The number of fused-ring (bicyclic) bond motifs is 1. The number of anilines is 1. The minimum Gasteiger partial charge on any atom is -0.323 e. The molecular formula is C25H21ClN6O4S. The van der Waals surface area contributed by atoms with Crippen molar-refractivity contribution in [3.63, 3.8) is 0 Å². The Hall–Kier alpha value is -4.06. The Balaban J connectivity index is 1.40. The highest BCUT2D eigenvalue weighted by atomic mass is 35.5. The Morgan fingerprint density at radius 3 is 2.38 bits per heavy atom. The van der Waals surface area contributed by atoms with Crippen LogP contribution in [-0.4, -0.2) is 45.0 Å². The van der Waals surface area contributed by atoms with Crippen LogP contribution in [0, 0.1) is 0 Å². The topological polar surface area (TPSA) is 120 Å². The summed E-state index contributed by atoms with van der Waals surface area (Å²) in [6.07, 6.45) is 6.60. The fourth-order valence-corrected chi connectivity index (χ4v) is 4.54. The van der Waals surface area contributed by atoms with Gasteiger partial charge in [-0.2, -0.15) is 18.6 Å². The monoisotopic (exact) mass is 536 g/mol. The summed E-state index contributed by atoms with van der Waals surface area (Å²) in [5.74, 6) is -0.641. The zero-order chi connectivity index (χ0) is 26.2. The first-order valence-corrected chi connectivity index (χ1v) is 13.2. The number of nitrogens with one attached hydrogen (secondary N) is 1. The van der Waals surface area contributed by atoms with Gasteiger partial charge in [-0.3, -0.25) is 13.7 Å². The van der Waals surface area contributed by atoms with Crippen molar-refractivity contribution in [2.75, 3.05) is 11.6 Å². The molecule has 0 aliphatic heterocycles. The van der Waals surface area contributed by atoms with Gasteiger partial charge in [-0.05, 0) is 35.9 Å². The Bertz CT molecular complexity index is 1700. The predicted molar refractivity (Wildman–Crippen MR) is 139 cm³/mol. The van der Waals surface area contributed by atoms with E-state index >= 15 is 0 Å². The maximum absolute atomic E-state index is 13.0. The molecule has 37 heavy (non-hydrogen) atoms. The molecule has 0 spiro atoms. The third-order valence-corrected chi connectivity index (χ3v) is 6.35. The van der Waals surface area contributed by atoms with E-state index in [0.717, 1.165) is 28.5 Å². The van der Waals surface area contributed by atoms with Crippen molar-refractivity contribution in [2.24, 2.45) is 7.05 Å². The number of rotatable bonds is 7. The van der Waals surface area contributed by atoms with Crippen LogP contribution in [0.5, 0.6) is 0 Å². The summed E-state index contributed by atoms with van der Waals surface area (Å²) < 4.78 is 32.1. The van der Waals surface area contributed by atoms with Gasteiger partial charge in [0.25, 0.3) is 16.0 Å². The van der Waals surface area contributed by atoms with Gasteiger partial charge in [0.15, 0.2) is 6.10 Å². The van der Waals surface area contributed by atoms with Crippen molar-refractivity contribution in [1.82, 2.24) is 24.4 Å². The maximum Gasteiger partial charge on any atom is 0.265 e. The van der Waals surface area contributed by atoms with Gasteiger partial charge in [0.1, 0.15) is 6.33 Å². The molecule has 188 valence electrons. The second-order valence-electron chi connectivity index (χ2n) is 8.37. The number of amides is 1. The summed E-state index contributed by atoms with van der Waals surface area (Å²) >= 11 is 5.92. The molecule has 2 aromatic carbocycles. The molecule has 3 aromatic heterocycles. The fourth-order valence-electron chi connectivity index (χ4n) is 3.86. The maximum atomic E-state index is 13.0. The molecule has 5 aromatic rings. The number of benzene rings is 2. The highest BCUT2D eigenvalue weighted by Crippen LogP contribution is 2.29. The highest BCUT2D eigenvalue weighted by Gasteiger charge is 2.26. The molecule has 1 unspecified atom stereocenters. The second-order valence-corrected chi connectivity index (χ2v) is 10.4. The van der Waals surface area contributed by atoms with E-state index in [2.05, 4.69) is 20.5 Å². The molecule has 0 bridgehead atoms. The molecular weight excluding hydrogens is 516 g/mol. The van der Waals surface area contributed by atoms with Crippen molar-refractivity contribution in [3.8, 4) is 22.4 Å². The summed E-state index contributed by atoms with van der Waals surface area (Å²) in [5.41, 5.74) is 5.06. The number of aryl methyl sites for hydroxylation is 1. The van der Waals surface area contributed by atoms with E-state index in [1.807, 2.05) is 37.6 Å². The normalized spacial score (nSPS) is 12.5. The molecule has 1 atom stereocenters. The lowest BCUT2D eigenvalue weighted by Gasteiger charge is -2.17. The minimum atomic E-state index is -3.91. The number of carbonyl (C=O) groups is 1. The van der Waals surface area contributed by atoms with E-state index in [9.17, 15) is 13.2 Å². The average Bonchev–Trinajstić information content (AvgIpc) is 3.49. The quantitative estimate of drug-likeness (QED) is 0.311. The van der Waals surface area contributed by atoms with Gasteiger partial charge in [0.2, 0.25) is 0 Å². The van der Waals surface area contributed by atoms with E-state index in [1.165, 1.54) is 6.33 Å². The van der Waals surface area contributed by atoms with Crippen LogP contribution in [0.25, 0.3) is 27.9 Å². The van der Waals surface area contributed by atoms with Gasteiger partial charge in [0, 0.05) is 46.8 Å². The van der Waals surface area contributed by atoms with Crippen LogP contribution in [0.4, 0.5) is 5.69 Å². The van der Waals surface area contributed by atoms with Crippen LogP contribution >= 0.6 is 11.6 Å². The van der Waals surface area contributed by atoms with Crippen molar-refractivity contribution in [3.05, 3.63) is 90.1 Å². The molecule has 0 saturated carbocycles. The molecule has 0 aliphatic carbocycles. The smallest absolute Gasteiger partial charge is 0.265 e. The van der Waals surface area contributed by atoms with Gasteiger partial charge in [0.05, 0.1) is 23.7 Å². The SMILES string of the molecule is Cn1cc(-c2cc3c(-c4ccc(NC(=O)C(OS(C)(=O)=O)c5ccc(Cl)cc5)cc4)ncnn3c2)cn1. The molecule has 0 radical (unpaired) electrons. The first kappa shape index (κ1) is 24.6. The lowest BCUT2D eigenvalue weighted by molar-refractivity contribution is -0.122. The molecule has 3 heterocycles. The van der Waals surface area contributed by atoms with Crippen LogP contribution in [-0.2, 0) is 26.1 Å². The Morgan fingerprint density at radius 1 is 1.00 bits per heavy atom. The summed E-state index contributed by atoms with van der Waals surface area (Å²) in [6.45, 7) is 0. The van der Waals surface area contributed by atoms with Gasteiger partial charge >= 0.3 is 0 Å². The third kappa shape index (κ3) is 5.53. The zero-order valence-electron chi connectivity index (χ0n) is 19.7. The number of carbonyl (C=O) groups excluding carboxylic acids is 1. The Labute approximate surface area is 217 Å². The molecule has 10 nitrogen and oxygen atoms in total. The van der Waals surface area contributed by atoms with Crippen LogP contribution in [0.2, 0.25) is 5.02 Å². The first-order valence-electron chi connectivity index (χ1n) is 11.0. The van der Waals surface area contributed by atoms with Crippen LogP contribution < -0.4 is 5.32 Å². The molecule has 1 amide bonds. The largest absolute Gasteiger partial charge is 0.323 e. The number of hydrogen-bond acceptors (Lipinski definition) is 7. The molecule has 12 heteroatoms. The highest BCUT2D eigenvalue weighted by molar-refractivity contribution is 7.86. The van der Waals surface area contributed by atoms with E-state index in [1.54, 1.807) is 51.8 Å². The summed E-state index contributed by atoms with van der Waals surface area (Å²) in [6, 6.07) is 15.2. The van der Waals surface area contributed by atoms with E-state index < -0.39 is 22.1 Å². The summed E-state index contributed by atoms with van der Waals surface area (Å²) in [5, 5.41) is 11.7. The van der Waals surface area contributed by atoms with Crippen molar-refractivity contribution in [1.29, 1.82) is 0 Å².